The zero-order valence-corrected chi connectivity index (χ0v) is 38.7. The number of terminal acetylenes is 2. The second kappa shape index (κ2) is 53.6. The van der Waals surface area contributed by atoms with Crippen LogP contribution in [0.3, 0.4) is 0 Å². The Labute approximate surface area is 436 Å². The summed E-state index contributed by atoms with van der Waals surface area (Å²) in [5, 5.41) is 33.6. The van der Waals surface area contributed by atoms with Crippen molar-refractivity contribution in [1.29, 1.82) is 10.8 Å². The fraction of sp³-hybridized carbons (Fsp3) is 0.309. The van der Waals surface area contributed by atoms with Crippen LogP contribution in [0, 0.1) is 104 Å². The Morgan fingerprint density at radius 2 is 0.986 bits per heavy atom. The van der Waals surface area contributed by atoms with Crippen LogP contribution < -0.4 is 25.3 Å². The van der Waals surface area contributed by atoms with E-state index >= 15 is 0 Å². The molecule has 384 valence electrons. The maximum atomic E-state index is 11.7. The van der Waals surface area contributed by atoms with Gasteiger partial charge in [-0.05, 0) is 108 Å². The van der Waals surface area contributed by atoms with E-state index in [1.165, 1.54) is 11.8 Å². The number of anilines is 3. The van der Waals surface area contributed by atoms with E-state index < -0.39 is 5.91 Å². The molecule has 17 heteroatoms. The molecular formula is C55H74N12O5. The van der Waals surface area contributed by atoms with E-state index in [9.17, 15) is 14.4 Å². The van der Waals surface area contributed by atoms with Crippen molar-refractivity contribution in [2.45, 2.75) is 22.3 Å². The van der Waals surface area contributed by atoms with Crippen molar-refractivity contribution in [3.05, 3.63) is 153 Å². The lowest BCUT2D eigenvalue weighted by atomic mass is 10.1. The molecule has 0 unspecified atom stereocenters. The van der Waals surface area contributed by atoms with Gasteiger partial charge in [0.25, 0.3) is 18.1 Å². The Balaban J connectivity index is -0.0000000786. The van der Waals surface area contributed by atoms with Gasteiger partial charge in [0.05, 0.1) is 39.4 Å². The zero-order chi connectivity index (χ0) is 52.3. The molecule has 0 saturated carbocycles. The highest BCUT2D eigenvalue weighted by Gasteiger charge is 2.09. The van der Waals surface area contributed by atoms with Crippen LogP contribution in [0.25, 0.3) is 30.3 Å². The lowest BCUT2D eigenvalue weighted by Crippen LogP contribution is -2.27. The number of aliphatic hydroxyl groups is 2. The maximum absolute atomic E-state index is 11.7. The Morgan fingerprint density at radius 3 is 1.33 bits per heavy atom. The standard InChI is InChI=1S/C16H18N4O2.C11H12N2O.C10H12N2.C10H2.C5H8N2O2.3CH4.N2.5H2/c1-17-8-10-20(3)14-6-4-13(5-7-14)12-15(18-2)16(22)19-9-11-21;1-12-7-8-13(2)11-5-3-10(9-14)4-6-11;1-11-8-9-12(2)10-6-4-3-5-7-10;1-3-5-7-9-10-8-6-4-2;1-6-4-5(9)7-2-3-8;;;;1-2;;;;;/h4-7,12,21H,8-11H2,3H3,(H,19,22);3-6,9H,7-8H2,2H3;3-7H,8-9H2,2H3;1-2H;8H,2-4H2,(H,7,9);3*1H4;;5*1H/b15-12-;;;;;;;;;;;;;. The molecule has 0 fully saturated rings. The topological polar surface area (TPSA) is 195 Å². The molecule has 4 N–H and O–H groups in total. The molecule has 3 aromatic rings. The fourth-order valence-electron chi connectivity index (χ4n) is 4.39. The summed E-state index contributed by atoms with van der Waals surface area (Å²) < 4.78 is 0. The summed E-state index contributed by atoms with van der Waals surface area (Å²) in [6.07, 6.45) is 11.9. The molecule has 0 heterocycles. The molecule has 0 aromatic heterocycles. The van der Waals surface area contributed by atoms with Crippen molar-refractivity contribution < 1.29 is 31.7 Å². The lowest BCUT2D eigenvalue weighted by molar-refractivity contribution is -0.119. The number of carbonyl (C=O) groups excluding carboxylic acids is 3. The van der Waals surface area contributed by atoms with Crippen LogP contribution in [0.5, 0.6) is 0 Å². The second-order valence-corrected chi connectivity index (χ2v) is 12.6. The molecule has 2 amide bonds. The first-order chi connectivity index (χ1) is 33.5. The normalized spacial score (nSPS) is 7.97. The van der Waals surface area contributed by atoms with E-state index in [0.29, 0.717) is 38.3 Å². The molecule has 72 heavy (non-hydrogen) atoms. The Hall–Kier alpha value is -10.0. The third-order valence-electron chi connectivity index (χ3n) is 7.81. The number of nitrogens with zero attached hydrogens (tertiary/aromatic N) is 10. The fourth-order valence-corrected chi connectivity index (χ4v) is 4.39. The van der Waals surface area contributed by atoms with Crippen molar-refractivity contribution in [2.24, 2.45) is 0 Å². The molecule has 0 radical (unpaired) electrons. The smallest absolute Gasteiger partial charge is 0.300 e. The minimum absolute atomic E-state index is 0. The van der Waals surface area contributed by atoms with Crippen LogP contribution in [0.2, 0.25) is 0 Å². The molecule has 0 spiro atoms. The Bertz CT molecular complexity index is 2520. The molecule has 3 aromatic carbocycles. The highest BCUT2D eigenvalue weighted by Crippen LogP contribution is 2.16. The molecule has 17 nitrogen and oxygen atoms in total. The number of rotatable bonds is 17. The summed E-state index contributed by atoms with van der Waals surface area (Å²) in [5.74, 6) is 17.5. The molecule has 0 aliphatic carbocycles. The second-order valence-electron chi connectivity index (χ2n) is 12.6. The first-order valence-corrected chi connectivity index (χ1v) is 20.1. The average molecular weight is 983 g/mol. The number of carbonyl (C=O) groups is 3. The molecule has 0 bridgehead atoms. The minimum atomic E-state index is -0.498. The van der Waals surface area contributed by atoms with E-state index in [1.807, 2.05) is 97.7 Å². The predicted octanol–water partition coefficient (Wildman–Crippen LogP) is 7.75. The van der Waals surface area contributed by atoms with Gasteiger partial charge in [-0.15, -0.1) is 12.8 Å². The summed E-state index contributed by atoms with van der Waals surface area (Å²) in [5.41, 5.74) is 4.55. The minimum Gasteiger partial charge on any atom is -0.395 e. The van der Waals surface area contributed by atoms with Crippen molar-refractivity contribution in [3.8, 4) is 60.2 Å². The van der Waals surface area contributed by atoms with Crippen LogP contribution in [0.4, 0.5) is 17.1 Å². The molecule has 0 aliphatic rings. The number of aldehydes is 1. The molecular weight excluding hydrogens is 909 g/mol. The van der Waals surface area contributed by atoms with Gasteiger partial charge in [-0.25, -0.2) is 31.1 Å². The predicted molar refractivity (Wildman–Crippen MR) is 300 cm³/mol. The number of likely N-dealkylation sites (N-methyl/N-ethyl adjacent to an activating group) is 3. The number of hydrogen-bond acceptors (Lipinski definition) is 10. The Morgan fingerprint density at radius 1 is 0.611 bits per heavy atom. The highest BCUT2D eigenvalue weighted by molar-refractivity contribution is 5.99. The third kappa shape index (κ3) is 40.3. The number of nitrogens with one attached hydrogen (secondary N) is 2. The van der Waals surface area contributed by atoms with Gasteiger partial charge < -0.3 is 54.9 Å². The summed E-state index contributed by atoms with van der Waals surface area (Å²) in [7, 11) is 5.84. The third-order valence-corrected chi connectivity index (χ3v) is 7.81. The quantitative estimate of drug-likeness (QED) is 0.0342. The molecule has 0 saturated heterocycles. The average Bonchev–Trinajstić information content (AvgIpc) is 3.39. The van der Waals surface area contributed by atoms with Crippen LogP contribution in [-0.2, 0) is 9.59 Å². The lowest BCUT2D eigenvalue weighted by Gasteiger charge is -2.16. The number of hydrogen-bond donors (Lipinski definition) is 4. The SMILES string of the molecule is C.C.C.C#CC#CC#CC#CC#C.N#N.[C-]#[N+]CC(=O)NCCO.[C-]#[N+]CCN(C)c1ccc(/C=C(\[N+]#[C-])C(=O)NCCO)cc1.[C-]#[N+]CCN(C)c1ccc(C=O)cc1.[C-]#[N+]CCN(C)c1ccccc1.[HH].[HH].[HH].[HH].[HH]. The number of aliphatic hydroxyl groups excluding tert-OH is 2. The Kier molecular flexibility index (Phi) is 54.8. The number of amides is 2. The highest BCUT2D eigenvalue weighted by atomic mass is 16.3. The van der Waals surface area contributed by atoms with E-state index in [2.05, 4.69) is 87.1 Å². The van der Waals surface area contributed by atoms with Gasteiger partial charge in [0.1, 0.15) is 6.29 Å². The van der Waals surface area contributed by atoms with Crippen molar-refractivity contribution in [1.82, 2.24) is 10.6 Å². The van der Waals surface area contributed by atoms with Crippen molar-refractivity contribution >= 4 is 41.2 Å². The van der Waals surface area contributed by atoms with Gasteiger partial charge in [0.2, 0.25) is 25.5 Å². The number of para-hydroxylation sites is 1. The summed E-state index contributed by atoms with van der Waals surface area (Å²) in [6.45, 7) is 37.1. The largest absolute Gasteiger partial charge is 0.395 e. The first kappa shape index (κ1) is 73.6. The molecule has 3 rings (SSSR count). The molecule has 0 atom stereocenters. The van der Waals surface area contributed by atoms with Gasteiger partial charge in [-0.2, -0.15) is 0 Å². The van der Waals surface area contributed by atoms with Gasteiger partial charge in [-0.1, -0.05) is 52.6 Å². The zero-order valence-electron chi connectivity index (χ0n) is 38.7. The summed E-state index contributed by atoms with van der Waals surface area (Å²) in [6, 6.07) is 24.8. The summed E-state index contributed by atoms with van der Waals surface area (Å²) >= 11 is 0. The van der Waals surface area contributed by atoms with Crippen LogP contribution in [0.15, 0.2) is 84.6 Å². The van der Waals surface area contributed by atoms with Gasteiger partial charge in [0, 0.05) is 74.8 Å². The van der Waals surface area contributed by atoms with Crippen molar-refractivity contribution in [3.63, 3.8) is 0 Å². The van der Waals surface area contributed by atoms with Gasteiger partial charge >= 0.3 is 0 Å². The molecule has 0 aliphatic heterocycles. The monoisotopic (exact) mass is 983 g/mol. The van der Waals surface area contributed by atoms with Crippen LogP contribution >= 0.6 is 0 Å². The van der Waals surface area contributed by atoms with Crippen LogP contribution in [0.1, 0.15) is 45.3 Å². The summed E-state index contributed by atoms with van der Waals surface area (Å²) in [4.78, 5) is 54.5. The van der Waals surface area contributed by atoms with Gasteiger partial charge in [-0.3, -0.25) is 14.4 Å². The van der Waals surface area contributed by atoms with E-state index in [-0.39, 0.29) is 73.9 Å². The van der Waals surface area contributed by atoms with Gasteiger partial charge in [0.15, 0.2) is 0 Å². The van der Waals surface area contributed by atoms with Crippen molar-refractivity contribution in [2.75, 3.05) is 108 Å². The number of benzene rings is 3. The van der Waals surface area contributed by atoms with E-state index in [1.54, 1.807) is 12.1 Å². The first-order valence-electron chi connectivity index (χ1n) is 20.1. The maximum Gasteiger partial charge on any atom is 0.300 e. The van der Waals surface area contributed by atoms with E-state index in [0.717, 1.165) is 29.8 Å². The van der Waals surface area contributed by atoms with Crippen LogP contribution in [-0.4, -0.2) is 122 Å². The van der Waals surface area contributed by atoms with E-state index in [4.69, 9.17) is 66.7 Å².